The molecule has 0 aliphatic carbocycles. The first kappa shape index (κ1) is 27.0. The summed E-state index contributed by atoms with van der Waals surface area (Å²) >= 11 is 0. The predicted octanol–water partition coefficient (Wildman–Crippen LogP) is 2.41. The van der Waals surface area contributed by atoms with Crippen molar-refractivity contribution in [1.29, 1.82) is 0 Å². The molecule has 0 aromatic heterocycles. The molecule has 2 amide bonds. The number of hydrogen-bond donors (Lipinski definition) is 1. The maximum atomic E-state index is 13.5. The van der Waals surface area contributed by atoms with Crippen molar-refractivity contribution in [1.82, 2.24) is 10.2 Å². The lowest BCUT2D eigenvalue weighted by Crippen LogP contribution is -2.52. The summed E-state index contributed by atoms with van der Waals surface area (Å²) in [4.78, 5) is 27.7. The van der Waals surface area contributed by atoms with Crippen LogP contribution in [0.2, 0.25) is 0 Å². The normalized spacial score (nSPS) is 12.1. The predicted molar refractivity (Wildman–Crippen MR) is 131 cm³/mol. The summed E-state index contributed by atoms with van der Waals surface area (Å²) in [6, 6.07) is 12.9. The first-order chi connectivity index (χ1) is 16.0. The van der Waals surface area contributed by atoms with Gasteiger partial charge in [0.1, 0.15) is 24.1 Å². The van der Waals surface area contributed by atoms with Gasteiger partial charge >= 0.3 is 0 Å². The summed E-state index contributed by atoms with van der Waals surface area (Å²) < 4.78 is 37.0. The van der Waals surface area contributed by atoms with E-state index in [1.807, 2.05) is 44.2 Å². The smallest absolute Gasteiger partial charge is 0.244 e. The quantitative estimate of drug-likeness (QED) is 0.518. The number of sulfonamides is 1. The molecule has 1 unspecified atom stereocenters. The van der Waals surface area contributed by atoms with E-state index in [2.05, 4.69) is 5.32 Å². The third-order valence-corrected chi connectivity index (χ3v) is 6.25. The highest BCUT2D eigenvalue weighted by Gasteiger charge is 2.31. The summed E-state index contributed by atoms with van der Waals surface area (Å²) in [5.41, 5.74) is 0.974. The van der Waals surface area contributed by atoms with Gasteiger partial charge in [-0.15, -0.1) is 0 Å². The van der Waals surface area contributed by atoms with Gasteiger partial charge in [-0.05, 0) is 38.5 Å². The van der Waals surface area contributed by atoms with Crippen molar-refractivity contribution in [3.8, 4) is 11.5 Å². The second kappa shape index (κ2) is 11.7. The minimum absolute atomic E-state index is 0.114. The highest BCUT2D eigenvalue weighted by atomic mass is 32.2. The van der Waals surface area contributed by atoms with Gasteiger partial charge in [0, 0.05) is 18.7 Å². The number of amides is 2. The molecule has 10 heteroatoms. The maximum absolute atomic E-state index is 13.5. The Bertz CT molecular complexity index is 1090. The monoisotopic (exact) mass is 491 g/mol. The number of carbonyl (C=O) groups is 2. The lowest BCUT2D eigenvalue weighted by atomic mass is 10.1. The lowest BCUT2D eigenvalue weighted by Gasteiger charge is -2.32. The van der Waals surface area contributed by atoms with Crippen LogP contribution in [-0.4, -0.2) is 64.2 Å². The number of carbonyl (C=O) groups excluding carboxylic acids is 2. The zero-order valence-electron chi connectivity index (χ0n) is 20.4. The Hall–Kier alpha value is -3.27. The number of methoxy groups -OCH3 is 2. The summed E-state index contributed by atoms with van der Waals surface area (Å²) in [6.07, 6.45) is 1.01. The van der Waals surface area contributed by atoms with Gasteiger partial charge in [-0.1, -0.05) is 30.3 Å². The molecule has 0 aliphatic rings. The molecule has 186 valence electrons. The molecule has 1 atom stereocenters. The fourth-order valence-electron chi connectivity index (χ4n) is 3.35. The van der Waals surface area contributed by atoms with Gasteiger partial charge in [0.05, 0.1) is 26.2 Å². The third kappa shape index (κ3) is 7.11. The van der Waals surface area contributed by atoms with Gasteiger partial charge in [0.15, 0.2) is 0 Å². The number of ether oxygens (including phenoxy) is 2. The van der Waals surface area contributed by atoms with E-state index in [1.54, 1.807) is 19.1 Å². The molecule has 2 aromatic carbocycles. The van der Waals surface area contributed by atoms with E-state index in [1.165, 1.54) is 25.2 Å². The van der Waals surface area contributed by atoms with Gasteiger partial charge in [0.2, 0.25) is 21.8 Å². The van der Waals surface area contributed by atoms with E-state index in [0.717, 1.165) is 16.1 Å². The first-order valence-electron chi connectivity index (χ1n) is 10.8. The zero-order chi connectivity index (χ0) is 25.5. The van der Waals surface area contributed by atoms with E-state index in [0.29, 0.717) is 5.75 Å². The molecule has 2 aromatic rings. The minimum atomic E-state index is -3.89. The number of nitrogens with one attached hydrogen (secondary N) is 1. The van der Waals surface area contributed by atoms with Crippen molar-refractivity contribution < 1.29 is 27.5 Å². The molecular weight excluding hydrogens is 458 g/mol. The van der Waals surface area contributed by atoms with E-state index < -0.39 is 28.5 Å². The van der Waals surface area contributed by atoms with E-state index >= 15 is 0 Å². The Balaban J connectivity index is 2.46. The fraction of sp³-hybridized carbons (Fsp3) is 0.417. The van der Waals surface area contributed by atoms with Crippen LogP contribution in [-0.2, 0) is 26.2 Å². The average Bonchev–Trinajstić information content (AvgIpc) is 2.79. The number of hydrogen-bond acceptors (Lipinski definition) is 6. The highest BCUT2D eigenvalue weighted by Crippen LogP contribution is 2.33. The van der Waals surface area contributed by atoms with Crippen LogP contribution in [0.5, 0.6) is 11.5 Å². The first-order valence-corrected chi connectivity index (χ1v) is 12.7. The summed E-state index contributed by atoms with van der Waals surface area (Å²) in [5.74, 6) is -0.198. The summed E-state index contributed by atoms with van der Waals surface area (Å²) in [6.45, 7) is 4.89. The molecule has 0 saturated carbocycles. The van der Waals surface area contributed by atoms with Crippen LogP contribution in [0.4, 0.5) is 5.69 Å². The van der Waals surface area contributed by atoms with Crippen LogP contribution in [0.1, 0.15) is 26.3 Å². The van der Waals surface area contributed by atoms with E-state index in [-0.39, 0.29) is 29.9 Å². The molecule has 34 heavy (non-hydrogen) atoms. The van der Waals surface area contributed by atoms with Crippen LogP contribution in [0.25, 0.3) is 0 Å². The molecule has 0 fully saturated rings. The molecule has 0 spiro atoms. The maximum Gasteiger partial charge on any atom is 0.244 e. The molecule has 0 saturated heterocycles. The van der Waals surface area contributed by atoms with Crippen LogP contribution < -0.4 is 19.1 Å². The Kier molecular flexibility index (Phi) is 9.31. The Morgan fingerprint density at radius 2 is 1.65 bits per heavy atom. The van der Waals surface area contributed by atoms with Gasteiger partial charge in [-0.3, -0.25) is 13.9 Å². The van der Waals surface area contributed by atoms with Crippen molar-refractivity contribution in [2.24, 2.45) is 0 Å². The van der Waals surface area contributed by atoms with Crippen molar-refractivity contribution in [3.05, 3.63) is 54.1 Å². The Morgan fingerprint density at radius 1 is 1.00 bits per heavy atom. The van der Waals surface area contributed by atoms with Gasteiger partial charge < -0.3 is 19.7 Å². The Labute approximate surface area is 201 Å². The van der Waals surface area contributed by atoms with Gasteiger partial charge in [-0.2, -0.15) is 0 Å². The Morgan fingerprint density at radius 3 is 2.18 bits per heavy atom. The molecule has 2 rings (SSSR count). The molecule has 9 nitrogen and oxygen atoms in total. The number of nitrogens with zero attached hydrogens (tertiary/aromatic N) is 2. The lowest BCUT2D eigenvalue weighted by molar-refractivity contribution is -0.139. The number of anilines is 1. The highest BCUT2D eigenvalue weighted by molar-refractivity contribution is 7.92. The van der Waals surface area contributed by atoms with Gasteiger partial charge in [-0.25, -0.2) is 8.42 Å². The van der Waals surface area contributed by atoms with Crippen molar-refractivity contribution in [3.63, 3.8) is 0 Å². The van der Waals surface area contributed by atoms with Crippen molar-refractivity contribution >= 4 is 27.5 Å². The minimum Gasteiger partial charge on any atom is -0.497 e. The SMILES string of the molecule is COc1ccc(OC)c(N(CC(=O)N(Cc2ccccc2)C(C)C(=O)NC(C)C)S(C)(=O)=O)c1. The largest absolute Gasteiger partial charge is 0.497 e. The molecule has 0 heterocycles. The zero-order valence-corrected chi connectivity index (χ0v) is 21.3. The molecule has 0 aliphatic heterocycles. The molecule has 1 N–H and O–H groups in total. The molecule has 0 bridgehead atoms. The second-order valence-electron chi connectivity index (χ2n) is 8.15. The van der Waals surface area contributed by atoms with Crippen LogP contribution in [0, 0.1) is 0 Å². The average molecular weight is 492 g/mol. The van der Waals surface area contributed by atoms with Gasteiger partial charge in [0.25, 0.3) is 0 Å². The fourth-order valence-corrected chi connectivity index (χ4v) is 4.20. The standard InChI is InChI=1S/C24H33N3O6S/c1-17(2)25-24(29)18(3)26(15-19-10-8-7-9-11-19)23(28)16-27(34(6,30)31)21-14-20(32-4)12-13-22(21)33-5/h7-14,17-18H,15-16H2,1-6H3,(H,25,29). The topological polar surface area (TPSA) is 105 Å². The van der Waals surface area contributed by atoms with Crippen LogP contribution in [0.15, 0.2) is 48.5 Å². The van der Waals surface area contributed by atoms with E-state index in [4.69, 9.17) is 9.47 Å². The van der Waals surface area contributed by atoms with E-state index in [9.17, 15) is 18.0 Å². The number of rotatable bonds is 11. The van der Waals surface area contributed by atoms with Crippen LogP contribution in [0.3, 0.4) is 0 Å². The number of benzene rings is 2. The molecule has 0 radical (unpaired) electrons. The van der Waals surface area contributed by atoms with Crippen molar-refractivity contribution in [2.45, 2.75) is 39.4 Å². The second-order valence-corrected chi connectivity index (χ2v) is 10.1. The van der Waals surface area contributed by atoms with Crippen molar-refractivity contribution in [2.75, 3.05) is 31.3 Å². The molecular formula is C24H33N3O6S. The van der Waals surface area contributed by atoms with Crippen LogP contribution >= 0.6 is 0 Å². The summed E-state index contributed by atoms with van der Waals surface area (Å²) in [5, 5.41) is 2.81. The summed E-state index contributed by atoms with van der Waals surface area (Å²) in [7, 11) is -1.03. The third-order valence-electron chi connectivity index (χ3n) is 5.13.